The van der Waals surface area contributed by atoms with Gasteiger partial charge < -0.3 is 14.7 Å². The molecule has 0 unspecified atom stereocenters. The molecule has 0 saturated carbocycles. The van der Waals surface area contributed by atoms with Crippen molar-refractivity contribution in [2.75, 3.05) is 0 Å². The van der Waals surface area contributed by atoms with E-state index in [1.54, 1.807) is 18.2 Å². The Balaban J connectivity index is 1.30. The number of nitrogens with one attached hydrogen (secondary N) is 2. The lowest BCUT2D eigenvalue weighted by molar-refractivity contribution is -0.121. The predicted octanol–water partition coefficient (Wildman–Crippen LogP) is 3.53. The van der Waals surface area contributed by atoms with Gasteiger partial charge >= 0.3 is 0 Å². The van der Waals surface area contributed by atoms with Crippen molar-refractivity contribution in [3.8, 4) is 0 Å². The Hall–Kier alpha value is -3.48. The molecule has 0 fully saturated rings. The van der Waals surface area contributed by atoms with E-state index in [0.717, 1.165) is 16.5 Å². The zero-order valence-electron chi connectivity index (χ0n) is 15.1. The maximum Gasteiger partial charge on any atom is 0.221 e. The van der Waals surface area contributed by atoms with E-state index in [9.17, 15) is 9.18 Å². The summed E-state index contributed by atoms with van der Waals surface area (Å²) in [6.45, 7) is 0.154. The highest BCUT2D eigenvalue weighted by Crippen LogP contribution is 2.20. The highest BCUT2D eigenvalue weighted by Gasteiger charge is 2.12. The third kappa shape index (κ3) is 4.09. The van der Waals surface area contributed by atoms with Crippen LogP contribution in [0.15, 0.2) is 59.1 Å². The van der Waals surface area contributed by atoms with E-state index in [0.29, 0.717) is 30.2 Å². The smallest absolute Gasteiger partial charge is 0.221 e. The third-order valence-corrected chi connectivity index (χ3v) is 4.53. The van der Waals surface area contributed by atoms with Gasteiger partial charge in [0.05, 0.1) is 6.42 Å². The van der Waals surface area contributed by atoms with E-state index in [1.165, 1.54) is 6.07 Å². The van der Waals surface area contributed by atoms with Crippen molar-refractivity contribution in [3.63, 3.8) is 0 Å². The first-order valence-corrected chi connectivity index (χ1v) is 9.05. The zero-order chi connectivity index (χ0) is 19.3. The van der Waals surface area contributed by atoms with E-state index in [-0.39, 0.29) is 24.7 Å². The Kier molecular flexibility index (Phi) is 5.14. The van der Waals surface area contributed by atoms with E-state index in [1.807, 2.05) is 30.5 Å². The predicted molar refractivity (Wildman–Crippen MR) is 102 cm³/mol. The van der Waals surface area contributed by atoms with Crippen molar-refractivity contribution < 1.29 is 13.6 Å². The van der Waals surface area contributed by atoms with Crippen LogP contribution in [0.2, 0.25) is 0 Å². The van der Waals surface area contributed by atoms with E-state index < -0.39 is 0 Å². The summed E-state index contributed by atoms with van der Waals surface area (Å²) >= 11 is 0. The number of hydrogen-bond donors (Lipinski definition) is 2. The molecule has 2 heterocycles. The zero-order valence-corrected chi connectivity index (χ0v) is 15.1. The number of benzene rings is 2. The first-order chi connectivity index (χ1) is 13.7. The van der Waals surface area contributed by atoms with Gasteiger partial charge in [0, 0.05) is 42.0 Å². The summed E-state index contributed by atoms with van der Waals surface area (Å²) in [5, 5.41) is 11.9. The summed E-state index contributed by atoms with van der Waals surface area (Å²) in [5.74, 6) is 0.392. The molecule has 0 saturated heterocycles. The van der Waals surface area contributed by atoms with Crippen LogP contribution in [0.25, 0.3) is 10.9 Å². The number of nitrogens with zero attached hydrogens (tertiary/aromatic N) is 2. The van der Waals surface area contributed by atoms with E-state index in [4.69, 9.17) is 4.42 Å². The molecule has 7 heteroatoms. The molecule has 0 atom stereocenters. The molecule has 2 N–H and O–H groups in total. The highest BCUT2D eigenvalue weighted by atomic mass is 19.1. The number of carbonyl (C=O) groups excluding carboxylic acids is 1. The summed E-state index contributed by atoms with van der Waals surface area (Å²) in [7, 11) is 0. The minimum absolute atomic E-state index is 0.154. The summed E-state index contributed by atoms with van der Waals surface area (Å²) in [5.41, 5.74) is 2.59. The Labute approximate surface area is 160 Å². The number of fused-ring (bicyclic) bond motifs is 1. The first kappa shape index (κ1) is 17.9. The fourth-order valence-corrected chi connectivity index (χ4v) is 3.05. The second-order valence-corrected chi connectivity index (χ2v) is 6.49. The normalized spacial score (nSPS) is 11.0. The Morgan fingerprint density at radius 1 is 1.04 bits per heavy atom. The quantitative estimate of drug-likeness (QED) is 0.515. The lowest BCUT2D eigenvalue weighted by Crippen LogP contribution is -2.23. The maximum absolute atomic E-state index is 13.6. The van der Waals surface area contributed by atoms with Gasteiger partial charge in [-0.2, -0.15) is 0 Å². The first-order valence-electron chi connectivity index (χ1n) is 9.05. The lowest BCUT2D eigenvalue weighted by atomic mass is 10.1. The van der Waals surface area contributed by atoms with Gasteiger partial charge in [-0.05, 0) is 17.7 Å². The van der Waals surface area contributed by atoms with Gasteiger partial charge in [-0.1, -0.05) is 36.4 Å². The van der Waals surface area contributed by atoms with Gasteiger partial charge in [0.25, 0.3) is 0 Å². The Bertz CT molecular complexity index is 1100. The van der Waals surface area contributed by atoms with Crippen molar-refractivity contribution in [1.29, 1.82) is 0 Å². The summed E-state index contributed by atoms with van der Waals surface area (Å²) in [6, 6.07) is 14.4. The van der Waals surface area contributed by atoms with Crippen LogP contribution < -0.4 is 5.32 Å². The molecule has 2 aromatic heterocycles. The van der Waals surface area contributed by atoms with Crippen LogP contribution >= 0.6 is 0 Å². The van der Waals surface area contributed by atoms with Crippen molar-refractivity contribution in [2.24, 2.45) is 0 Å². The molecular weight excluding hydrogens is 359 g/mol. The monoisotopic (exact) mass is 378 g/mol. The van der Waals surface area contributed by atoms with Crippen LogP contribution in [0.3, 0.4) is 0 Å². The summed E-state index contributed by atoms with van der Waals surface area (Å²) in [4.78, 5) is 15.2. The van der Waals surface area contributed by atoms with Gasteiger partial charge in [0.2, 0.25) is 17.7 Å². The third-order valence-electron chi connectivity index (χ3n) is 4.53. The number of aryl methyl sites for hydroxylation is 1. The second-order valence-electron chi connectivity index (χ2n) is 6.49. The molecule has 6 nitrogen and oxygen atoms in total. The van der Waals surface area contributed by atoms with Crippen LogP contribution in [0.5, 0.6) is 0 Å². The van der Waals surface area contributed by atoms with Crippen molar-refractivity contribution in [3.05, 3.63) is 83.5 Å². The molecule has 0 spiro atoms. The number of halogens is 1. The molecule has 0 aliphatic carbocycles. The van der Waals surface area contributed by atoms with Gasteiger partial charge in [-0.25, -0.2) is 4.39 Å². The molecule has 0 bridgehead atoms. The van der Waals surface area contributed by atoms with Crippen LogP contribution in [-0.4, -0.2) is 21.1 Å². The van der Waals surface area contributed by atoms with Crippen LogP contribution in [-0.2, 0) is 24.2 Å². The standard InChI is InChI=1S/C21H19FN4O2/c22-17-7-3-1-5-14(17)12-24-19(27)9-10-20-25-26-21(28-20)11-15-13-23-18-8-4-2-6-16(15)18/h1-8,13,23H,9-12H2,(H,24,27). The van der Waals surface area contributed by atoms with E-state index >= 15 is 0 Å². The van der Waals surface area contributed by atoms with Crippen molar-refractivity contribution in [1.82, 2.24) is 20.5 Å². The van der Waals surface area contributed by atoms with Crippen LogP contribution in [0.4, 0.5) is 4.39 Å². The Morgan fingerprint density at radius 2 is 1.82 bits per heavy atom. The number of aromatic nitrogens is 3. The van der Waals surface area contributed by atoms with Crippen LogP contribution in [0.1, 0.15) is 29.3 Å². The fraction of sp³-hybridized carbons (Fsp3) is 0.190. The number of aromatic amines is 1. The molecular formula is C21H19FN4O2. The molecule has 0 radical (unpaired) electrons. The van der Waals surface area contributed by atoms with Crippen molar-refractivity contribution >= 4 is 16.8 Å². The average molecular weight is 378 g/mol. The number of carbonyl (C=O) groups is 1. The van der Waals surface area contributed by atoms with E-state index in [2.05, 4.69) is 20.5 Å². The molecule has 1 amide bonds. The number of para-hydroxylation sites is 1. The molecule has 4 aromatic rings. The topological polar surface area (TPSA) is 83.8 Å². The second kappa shape index (κ2) is 8.04. The largest absolute Gasteiger partial charge is 0.425 e. The molecule has 4 rings (SSSR count). The molecule has 2 aromatic carbocycles. The van der Waals surface area contributed by atoms with Gasteiger partial charge in [0.1, 0.15) is 5.82 Å². The van der Waals surface area contributed by atoms with Gasteiger partial charge in [0.15, 0.2) is 0 Å². The number of H-pyrrole nitrogens is 1. The van der Waals surface area contributed by atoms with Gasteiger partial charge in [-0.3, -0.25) is 4.79 Å². The maximum atomic E-state index is 13.6. The molecule has 142 valence electrons. The van der Waals surface area contributed by atoms with Crippen LogP contribution in [0, 0.1) is 5.82 Å². The average Bonchev–Trinajstić information content (AvgIpc) is 3.33. The number of hydrogen-bond acceptors (Lipinski definition) is 4. The Morgan fingerprint density at radius 3 is 2.71 bits per heavy atom. The number of amides is 1. The van der Waals surface area contributed by atoms with Crippen molar-refractivity contribution in [2.45, 2.75) is 25.8 Å². The lowest BCUT2D eigenvalue weighted by Gasteiger charge is -2.05. The fourth-order valence-electron chi connectivity index (χ4n) is 3.05. The number of rotatable bonds is 7. The molecule has 0 aliphatic heterocycles. The summed E-state index contributed by atoms with van der Waals surface area (Å²) < 4.78 is 19.2. The highest BCUT2D eigenvalue weighted by molar-refractivity contribution is 5.83. The van der Waals surface area contributed by atoms with Gasteiger partial charge in [-0.15, -0.1) is 10.2 Å². The minimum atomic E-state index is -0.332. The summed E-state index contributed by atoms with van der Waals surface area (Å²) in [6.07, 6.45) is 2.99. The minimum Gasteiger partial charge on any atom is -0.425 e. The molecule has 28 heavy (non-hydrogen) atoms. The SMILES string of the molecule is O=C(CCc1nnc(Cc2c[nH]c3ccccc23)o1)NCc1ccccc1F. The molecule has 0 aliphatic rings.